The Balaban J connectivity index is 2.12. The maximum atomic E-state index is 12.9. The topological polar surface area (TPSA) is 23.5 Å². The lowest BCUT2D eigenvalue weighted by atomic mass is 9.74. The summed E-state index contributed by atoms with van der Waals surface area (Å²) < 4.78 is 12.9. The van der Waals surface area contributed by atoms with E-state index in [2.05, 4.69) is 18.7 Å². The Bertz CT molecular complexity index is 374. The summed E-state index contributed by atoms with van der Waals surface area (Å²) in [4.78, 5) is 2.27. The van der Waals surface area contributed by atoms with Crippen molar-refractivity contribution in [3.8, 4) is 0 Å². The molecule has 1 aromatic carbocycles. The number of aliphatic hydroxyl groups is 1. The molecule has 3 heteroatoms. The predicted molar refractivity (Wildman–Crippen MR) is 67.6 cm³/mol. The highest BCUT2D eigenvalue weighted by Crippen LogP contribution is 2.36. The van der Waals surface area contributed by atoms with E-state index in [-0.39, 0.29) is 17.8 Å². The molecule has 1 aromatic rings. The molecule has 2 nitrogen and oxygen atoms in total. The van der Waals surface area contributed by atoms with Crippen molar-refractivity contribution in [3.05, 3.63) is 30.1 Å². The van der Waals surface area contributed by atoms with Crippen LogP contribution >= 0.6 is 0 Å². The molecule has 2 rings (SSSR count). The van der Waals surface area contributed by atoms with E-state index in [0.717, 1.165) is 25.2 Å². The van der Waals surface area contributed by atoms with Gasteiger partial charge in [-0.1, -0.05) is 13.8 Å². The van der Waals surface area contributed by atoms with Crippen LogP contribution in [0, 0.1) is 17.2 Å². The maximum Gasteiger partial charge on any atom is 0.123 e. The molecule has 1 saturated heterocycles. The first-order chi connectivity index (χ1) is 8.03. The molecule has 1 unspecified atom stereocenters. The minimum atomic E-state index is -0.196. The molecule has 1 atom stereocenters. The van der Waals surface area contributed by atoms with Crippen LogP contribution in [0.4, 0.5) is 10.1 Å². The average Bonchev–Trinajstić information content (AvgIpc) is 2.28. The van der Waals surface area contributed by atoms with Crippen molar-refractivity contribution in [2.45, 2.75) is 20.3 Å². The molecule has 1 fully saturated rings. The molecule has 0 amide bonds. The van der Waals surface area contributed by atoms with E-state index < -0.39 is 0 Å². The summed E-state index contributed by atoms with van der Waals surface area (Å²) >= 11 is 0. The Kier molecular flexibility index (Phi) is 3.38. The Labute approximate surface area is 102 Å². The number of aliphatic hydroxyl groups excluding tert-OH is 1. The van der Waals surface area contributed by atoms with Crippen molar-refractivity contribution < 1.29 is 9.50 Å². The average molecular weight is 237 g/mol. The van der Waals surface area contributed by atoms with Crippen molar-refractivity contribution in [2.24, 2.45) is 11.3 Å². The van der Waals surface area contributed by atoms with Gasteiger partial charge in [-0.2, -0.15) is 0 Å². The summed E-state index contributed by atoms with van der Waals surface area (Å²) in [7, 11) is 0. The third kappa shape index (κ3) is 2.60. The lowest BCUT2D eigenvalue weighted by Crippen LogP contribution is -2.47. The third-order valence-corrected chi connectivity index (χ3v) is 3.86. The molecule has 0 radical (unpaired) electrons. The van der Waals surface area contributed by atoms with E-state index in [4.69, 9.17) is 0 Å². The second-order valence-corrected chi connectivity index (χ2v) is 5.55. The predicted octanol–water partition coefficient (Wildman–Crippen LogP) is 2.67. The minimum absolute atomic E-state index is 0.0986. The standard InChI is InChI=1S/C14H20FNO/c1-14(2)10-16(8-7-11(14)9-17)13-5-3-12(15)4-6-13/h3-6,11,17H,7-10H2,1-2H3. The summed E-state index contributed by atoms with van der Waals surface area (Å²) in [5.74, 6) is 0.164. The SMILES string of the molecule is CC1(C)CN(c2ccc(F)cc2)CCC1CO. The van der Waals surface area contributed by atoms with Crippen molar-refractivity contribution in [1.29, 1.82) is 0 Å². The molecule has 1 aliphatic heterocycles. The normalized spacial score (nSPS) is 23.8. The van der Waals surface area contributed by atoms with Gasteiger partial charge in [-0.25, -0.2) is 4.39 Å². The van der Waals surface area contributed by atoms with Gasteiger partial charge >= 0.3 is 0 Å². The second kappa shape index (κ2) is 4.65. The molecule has 1 N–H and O–H groups in total. The molecule has 94 valence electrons. The zero-order chi connectivity index (χ0) is 12.5. The first-order valence-corrected chi connectivity index (χ1v) is 6.14. The Morgan fingerprint density at radius 1 is 1.35 bits per heavy atom. The largest absolute Gasteiger partial charge is 0.396 e. The number of hydrogen-bond donors (Lipinski definition) is 1. The van der Waals surface area contributed by atoms with E-state index in [1.54, 1.807) is 0 Å². The summed E-state index contributed by atoms with van der Waals surface area (Å²) in [5, 5.41) is 9.35. The molecule has 1 heterocycles. The van der Waals surface area contributed by atoms with Crippen molar-refractivity contribution in [2.75, 3.05) is 24.6 Å². The quantitative estimate of drug-likeness (QED) is 0.854. The van der Waals surface area contributed by atoms with E-state index in [0.29, 0.717) is 5.92 Å². The Morgan fingerprint density at radius 3 is 2.53 bits per heavy atom. The number of halogens is 1. The van der Waals surface area contributed by atoms with Gasteiger partial charge in [0.05, 0.1) is 0 Å². The van der Waals surface area contributed by atoms with E-state index >= 15 is 0 Å². The summed E-state index contributed by atoms with van der Waals surface area (Å²) in [6.45, 7) is 6.46. The van der Waals surface area contributed by atoms with Gasteiger partial charge in [0, 0.05) is 25.4 Å². The van der Waals surface area contributed by atoms with Gasteiger partial charge in [0.25, 0.3) is 0 Å². The molecule has 0 aromatic heterocycles. The minimum Gasteiger partial charge on any atom is -0.396 e. The van der Waals surface area contributed by atoms with Crippen LogP contribution in [0.5, 0.6) is 0 Å². The first-order valence-electron chi connectivity index (χ1n) is 6.14. The number of piperidine rings is 1. The summed E-state index contributed by atoms with van der Waals surface area (Å²) in [6.07, 6.45) is 0.987. The van der Waals surface area contributed by atoms with Crippen molar-refractivity contribution in [1.82, 2.24) is 0 Å². The highest BCUT2D eigenvalue weighted by Gasteiger charge is 2.35. The van der Waals surface area contributed by atoms with Crippen LogP contribution in [0.15, 0.2) is 24.3 Å². The van der Waals surface area contributed by atoms with Gasteiger partial charge in [0.1, 0.15) is 5.82 Å². The Morgan fingerprint density at radius 2 is 2.00 bits per heavy atom. The second-order valence-electron chi connectivity index (χ2n) is 5.55. The van der Waals surface area contributed by atoms with Gasteiger partial charge in [-0.3, -0.25) is 0 Å². The van der Waals surface area contributed by atoms with Crippen LogP contribution in [-0.4, -0.2) is 24.8 Å². The molecule has 0 spiro atoms. The van der Waals surface area contributed by atoms with Crippen LogP contribution in [0.1, 0.15) is 20.3 Å². The molecule has 0 bridgehead atoms. The monoisotopic (exact) mass is 237 g/mol. The molecular formula is C14H20FNO. The van der Waals surface area contributed by atoms with Gasteiger partial charge in [0.15, 0.2) is 0 Å². The highest BCUT2D eigenvalue weighted by atomic mass is 19.1. The molecule has 0 saturated carbocycles. The molecule has 1 aliphatic rings. The van der Waals surface area contributed by atoms with E-state index in [9.17, 15) is 9.50 Å². The molecule has 0 aliphatic carbocycles. The smallest absolute Gasteiger partial charge is 0.123 e. The van der Waals surface area contributed by atoms with Crippen LogP contribution < -0.4 is 4.90 Å². The molecule has 17 heavy (non-hydrogen) atoms. The van der Waals surface area contributed by atoms with E-state index in [1.165, 1.54) is 12.1 Å². The first kappa shape index (κ1) is 12.4. The zero-order valence-corrected chi connectivity index (χ0v) is 10.5. The highest BCUT2D eigenvalue weighted by molar-refractivity contribution is 5.47. The van der Waals surface area contributed by atoms with Gasteiger partial charge < -0.3 is 10.0 Å². The fraction of sp³-hybridized carbons (Fsp3) is 0.571. The third-order valence-electron chi connectivity index (χ3n) is 3.86. The van der Waals surface area contributed by atoms with Crippen LogP contribution in [0.25, 0.3) is 0 Å². The van der Waals surface area contributed by atoms with Crippen LogP contribution in [0.3, 0.4) is 0 Å². The van der Waals surface area contributed by atoms with Crippen LogP contribution in [0.2, 0.25) is 0 Å². The van der Waals surface area contributed by atoms with Gasteiger partial charge in [-0.05, 0) is 42.0 Å². The number of rotatable bonds is 2. The Hall–Kier alpha value is -1.09. The van der Waals surface area contributed by atoms with Crippen molar-refractivity contribution in [3.63, 3.8) is 0 Å². The van der Waals surface area contributed by atoms with Gasteiger partial charge in [0.2, 0.25) is 0 Å². The number of benzene rings is 1. The number of hydrogen-bond acceptors (Lipinski definition) is 2. The van der Waals surface area contributed by atoms with Gasteiger partial charge in [-0.15, -0.1) is 0 Å². The maximum absolute atomic E-state index is 12.9. The number of nitrogens with zero attached hydrogens (tertiary/aromatic N) is 1. The molecular weight excluding hydrogens is 217 g/mol. The lowest BCUT2D eigenvalue weighted by molar-refractivity contribution is 0.0972. The van der Waals surface area contributed by atoms with Crippen molar-refractivity contribution >= 4 is 5.69 Å². The fourth-order valence-electron chi connectivity index (χ4n) is 2.61. The summed E-state index contributed by atoms with van der Waals surface area (Å²) in [6, 6.07) is 6.65. The number of anilines is 1. The summed E-state index contributed by atoms with van der Waals surface area (Å²) in [5.41, 5.74) is 1.16. The van der Waals surface area contributed by atoms with E-state index in [1.807, 2.05) is 12.1 Å². The van der Waals surface area contributed by atoms with Crippen LogP contribution in [-0.2, 0) is 0 Å². The zero-order valence-electron chi connectivity index (χ0n) is 10.5. The lowest BCUT2D eigenvalue weighted by Gasteiger charge is -2.44. The fourth-order valence-corrected chi connectivity index (χ4v) is 2.61.